The molecule has 2 atom stereocenters. The Morgan fingerprint density at radius 2 is 1.69 bits per heavy atom. The SMILES string of the molecule is C[C@H](c1ccccc1)N1C[C@H](C(=O)OCC(=O)c2ccccc2)CC1=O. The Balaban J connectivity index is 1.56. The van der Waals surface area contributed by atoms with Crippen LogP contribution in [0.25, 0.3) is 0 Å². The minimum absolute atomic E-state index is 0.0716. The van der Waals surface area contributed by atoms with Crippen molar-refractivity contribution in [2.75, 3.05) is 13.2 Å². The zero-order valence-corrected chi connectivity index (χ0v) is 14.6. The highest BCUT2D eigenvalue weighted by molar-refractivity contribution is 5.98. The monoisotopic (exact) mass is 351 g/mol. The van der Waals surface area contributed by atoms with Crippen molar-refractivity contribution in [3.05, 3.63) is 71.8 Å². The van der Waals surface area contributed by atoms with Gasteiger partial charge in [-0.05, 0) is 12.5 Å². The van der Waals surface area contributed by atoms with E-state index in [4.69, 9.17) is 4.74 Å². The zero-order valence-electron chi connectivity index (χ0n) is 14.6. The summed E-state index contributed by atoms with van der Waals surface area (Å²) >= 11 is 0. The molecule has 1 saturated heterocycles. The molecule has 0 unspecified atom stereocenters. The van der Waals surface area contributed by atoms with Crippen molar-refractivity contribution in [3.8, 4) is 0 Å². The van der Waals surface area contributed by atoms with Gasteiger partial charge in [-0.3, -0.25) is 14.4 Å². The van der Waals surface area contributed by atoms with Crippen LogP contribution < -0.4 is 0 Å². The molecule has 5 heteroatoms. The number of benzene rings is 2. The maximum absolute atomic E-state index is 12.3. The Hall–Kier alpha value is -2.95. The van der Waals surface area contributed by atoms with Gasteiger partial charge in [-0.15, -0.1) is 0 Å². The molecule has 1 amide bonds. The van der Waals surface area contributed by atoms with Crippen LogP contribution in [0.2, 0.25) is 0 Å². The number of rotatable bonds is 6. The van der Waals surface area contributed by atoms with Gasteiger partial charge >= 0.3 is 5.97 Å². The molecule has 1 fully saturated rings. The van der Waals surface area contributed by atoms with Crippen molar-refractivity contribution in [1.82, 2.24) is 4.90 Å². The Labute approximate surface area is 152 Å². The van der Waals surface area contributed by atoms with Gasteiger partial charge in [0.05, 0.1) is 12.0 Å². The zero-order chi connectivity index (χ0) is 18.5. The number of amides is 1. The molecule has 0 bridgehead atoms. The minimum Gasteiger partial charge on any atom is -0.457 e. The van der Waals surface area contributed by atoms with E-state index in [0.29, 0.717) is 12.1 Å². The quantitative estimate of drug-likeness (QED) is 0.593. The molecule has 5 nitrogen and oxygen atoms in total. The van der Waals surface area contributed by atoms with Crippen LogP contribution in [0.4, 0.5) is 0 Å². The molecule has 0 saturated carbocycles. The van der Waals surface area contributed by atoms with Crippen LogP contribution in [0.3, 0.4) is 0 Å². The molecule has 0 aliphatic carbocycles. The largest absolute Gasteiger partial charge is 0.457 e. The van der Waals surface area contributed by atoms with Crippen molar-refractivity contribution < 1.29 is 19.1 Å². The number of carbonyl (C=O) groups is 3. The molecule has 26 heavy (non-hydrogen) atoms. The average Bonchev–Trinajstić information content (AvgIpc) is 3.08. The van der Waals surface area contributed by atoms with Crippen LogP contribution in [-0.2, 0) is 14.3 Å². The Morgan fingerprint density at radius 1 is 1.08 bits per heavy atom. The molecule has 0 N–H and O–H groups in total. The third-order valence-electron chi connectivity index (χ3n) is 4.68. The van der Waals surface area contributed by atoms with Crippen molar-refractivity contribution >= 4 is 17.7 Å². The second-order valence-electron chi connectivity index (χ2n) is 6.43. The number of likely N-dealkylation sites (tertiary alicyclic amines) is 1. The van der Waals surface area contributed by atoms with Crippen LogP contribution in [0.1, 0.15) is 35.3 Å². The van der Waals surface area contributed by atoms with E-state index in [1.807, 2.05) is 43.3 Å². The smallest absolute Gasteiger partial charge is 0.311 e. The lowest BCUT2D eigenvalue weighted by atomic mass is 10.1. The lowest BCUT2D eigenvalue weighted by Crippen LogP contribution is -2.30. The van der Waals surface area contributed by atoms with Crippen LogP contribution in [0, 0.1) is 5.92 Å². The van der Waals surface area contributed by atoms with Gasteiger partial charge in [0, 0.05) is 18.5 Å². The molecule has 1 aliphatic rings. The van der Waals surface area contributed by atoms with Crippen molar-refractivity contribution in [3.63, 3.8) is 0 Å². The molecule has 0 spiro atoms. The predicted octanol–water partition coefficient (Wildman–Crippen LogP) is 3.02. The number of Topliss-reactive ketones (excluding diaryl/α,β-unsaturated/α-hetero) is 1. The summed E-state index contributed by atoms with van der Waals surface area (Å²) in [5.41, 5.74) is 1.52. The summed E-state index contributed by atoms with van der Waals surface area (Å²) in [6.45, 7) is 1.95. The Kier molecular flexibility index (Phi) is 5.46. The molecule has 0 radical (unpaired) electrons. The van der Waals surface area contributed by atoms with Gasteiger partial charge < -0.3 is 9.64 Å². The van der Waals surface area contributed by atoms with Gasteiger partial charge in [-0.1, -0.05) is 60.7 Å². The van der Waals surface area contributed by atoms with E-state index in [2.05, 4.69) is 0 Å². The molecular formula is C21H21NO4. The van der Waals surface area contributed by atoms with Gasteiger partial charge in [0.2, 0.25) is 5.91 Å². The summed E-state index contributed by atoms with van der Waals surface area (Å²) in [4.78, 5) is 38.3. The third kappa shape index (κ3) is 3.99. The van der Waals surface area contributed by atoms with Crippen LogP contribution in [0.5, 0.6) is 0 Å². The average molecular weight is 351 g/mol. The van der Waals surface area contributed by atoms with E-state index in [-0.39, 0.29) is 30.8 Å². The highest BCUT2D eigenvalue weighted by Crippen LogP contribution is 2.29. The first-order chi connectivity index (χ1) is 12.6. The summed E-state index contributed by atoms with van der Waals surface area (Å²) in [7, 11) is 0. The lowest BCUT2D eigenvalue weighted by molar-refractivity contribution is -0.147. The highest BCUT2D eigenvalue weighted by atomic mass is 16.5. The van der Waals surface area contributed by atoms with Crippen LogP contribution >= 0.6 is 0 Å². The Bertz CT molecular complexity index is 788. The number of nitrogens with zero attached hydrogens (tertiary/aromatic N) is 1. The van der Waals surface area contributed by atoms with Gasteiger partial charge in [0.1, 0.15) is 0 Å². The van der Waals surface area contributed by atoms with E-state index in [1.165, 1.54) is 0 Å². The van der Waals surface area contributed by atoms with E-state index >= 15 is 0 Å². The highest BCUT2D eigenvalue weighted by Gasteiger charge is 2.38. The summed E-state index contributed by atoms with van der Waals surface area (Å²) in [5, 5.41) is 0. The first kappa shape index (κ1) is 17.9. The molecule has 0 aromatic heterocycles. The maximum atomic E-state index is 12.3. The topological polar surface area (TPSA) is 63.7 Å². The van der Waals surface area contributed by atoms with Crippen molar-refractivity contribution in [2.24, 2.45) is 5.92 Å². The summed E-state index contributed by atoms with van der Waals surface area (Å²) < 4.78 is 5.16. The summed E-state index contributed by atoms with van der Waals surface area (Å²) in [5.74, 6) is -1.35. The number of hydrogen-bond acceptors (Lipinski definition) is 4. The fourth-order valence-corrected chi connectivity index (χ4v) is 3.14. The van der Waals surface area contributed by atoms with E-state index in [0.717, 1.165) is 5.56 Å². The molecule has 2 aromatic rings. The fraction of sp³-hybridized carbons (Fsp3) is 0.286. The number of esters is 1. The van der Waals surface area contributed by atoms with Gasteiger partial charge in [-0.25, -0.2) is 0 Å². The van der Waals surface area contributed by atoms with Crippen LogP contribution in [-0.4, -0.2) is 35.7 Å². The Morgan fingerprint density at radius 3 is 2.35 bits per heavy atom. The lowest BCUT2D eigenvalue weighted by Gasteiger charge is -2.25. The number of carbonyl (C=O) groups excluding carboxylic acids is 3. The van der Waals surface area contributed by atoms with E-state index < -0.39 is 11.9 Å². The first-order valence-corrected chi connectivity index (χ1v) is 8.65. The van der Waals surface area contributed by atoms with Gasteiger partial charge in [0.25, 0.3) is 0 Å². The number of hydrogen-bond donors (Lipinski definition) is 0. The van der Waals surface area contributed by atoms with Crippen LogP contribution in [0.15, 0.2) is 60.7 Å². The maximum Gasteiger partial charge on any atom is 0.311 e. The number of ketones is 1. The summed E-state index contributed by atoms with van der Waals surface area (Å²) in [6, 6.07) is 18.3. The van der Waals surface area contributed by atoms with Gasteiger partial charge in [-0.2, -0.15) is 0 Å². The molecule has 1 heterocycles. The predicted molar refractivity (Wildman–Crippen MR) is 96.4 cm³/mol. The molecule has 1 aliphatic heterocycles. The molecule has 134 valence electrons. The third-order valence-corrected chi connectivity index (χ3v) is 4.68. The fourth-order valence-electron chi connectivity index (χ4n) is 3.14. The minimum atomic E-state index is -0.530. The first-order valence-electron chi connectivity index (χ1n) is 8.65. The normalized spacial score (nSPS) is 17.8. The standard InChI is InChI=1S/C21H21NO4/c1-15(16-8-4-2-5-9-16)22-13-18(12-20(22)24)21(25)26-14-19(23)17-10-6-3-7-11-17/h2-11,15,18H,12-14H2,1H3/t15-,18-/m1/s1. The van der Waals surface area contributed by atoms with Crippen molar-refractivity contribution in [1.29, 1.82) is 0 Å². The van der Waals surface area contributed by atoms with E-state index in [9.17, 15) is 14.4 Å². The molecular weight excluding hydrogens is 330 g/mol. The molecule has 2 aromatic carbocycles. The second kappa shape index (κ2) is 7.95. The van der Waals surface area contributed by atoms with Crippen molar-refractivity contribution in [2.45, 2.75) is 19.4 Å². The summed E-state index contributed by atoms with van der Waals surface area (Å²) in [6.07, 6.45) is 0.121. The number of ether oxygens (including phenoxy) is 1. The molecule has 3 rings (SSSR count). The second-order valence-corrected chi connectivity index (χ2v) is 6.43. The van der Waals surface area contributed by atoms with E-state index in [1.54, 1.807) is 29.2 Å². The van der Waals surface area contributed by atoms with Gasteiger partial charge in [0.15, 0.2) is 12.4 Å².